The Balaban J connectivity index is 0.870. The number of benzene rings is 19. The molecule has 4 aliphatic rings. The second-order valence-corrected chi connectivity index (χ2v) is 43.2. The molecule has 3 heterocycles. The smallest absolute Gasteiger partial charge is 0.252 e. The highest BCUT2D eigenvalue weighted by atomic mass is 32.1. The van der Waals surface area contributed by atoms with Crippen LogP contribution in [-0.2, 0) is 32.5 Å². The van der Waals surface area contributed by atoms with Crippen molar-refractivity contribution in [1.29, 1.82) is 0 Å². The molecule has 0 saturated heterocycles. The average molecular weight is 1760 g/mol. The maximum Gasteiger partial charge on any atom is 0.252 e. The summed E-state index contributed by atoms with van der Waals surface area (Å²) in [5.74, 6) is 0. The molecule has 0 N–H and O–H groups in total. The fraction of sp³-hybridized carbons (Fsp3) is 0.136. The molecule has 4 heteroatoms. The lowest BCUT2D eigenvalue weighted by atomic mass is 9.33. The lowest BCUT2D eigenvalue weighted by Gasteiger charge is -2.46. The first-order chi connectivity index (χ1) is 66.0. The maximum absolute atomic E-state index is 2.76. The molecule has 0 spiro atoms. The van der Waals surface area contributed by atoms with Gasteiger partial charge in [0.05, 0.1) is 22.2 Å². The number of anilines is 6. The van der Waals surface area contributed by atoms with Gasteiger partial charge in [0, 0.05) is 65.2 Å². The van der Waals surface area contributed by atoms with E-state index < -0.39 is 17.5 Å². The van der Waals surface area contributed by atoms with Crippen molar-refractivity contribution >= 4 is 88.7 Å². The summed E-state index contributed by atoms with van der Waals surface area (Å²) in [6.45, 7) is 27.5. The molecule has 19 aromatic carbocycles. The molecule has 654 valence electrons. The standard InChI is InChI=1S/C132H107BN2S/c1-127(2,3)92-68-57-84(58-69-92)102-48-31-49-103(85-59-70-93(71-60-85)128(4,5)6)125(102)134-116-76-65-89(100-46-33-54-112-122(100)107-44-25-28-52-110(107)131(112,96-35-17-13-18-36-96)97-37-19-14-20-38-97)80-114(116)133-115-81-90(101-47-34-55-113-123(101)108-45-26-29-53-111(108)132(113,98-39-21-15-22-40-98)99-41-23-16-24-42-99)66-77-117(115)135(119-83-91(82-118(134)124(119)133)88-67-78-121-109(79-88)106-43-27-30-56-120(106)136-121)126-104(86-61-72-94(73-62-86)129(7,8)9)50-32-51-105(126)87-63-74-95(75-64-87)130(10,11)12/h13-83H,1-12H3. The molecule has 0 bridgehead atoms. The van der Waals surface area contributed by atoms with E-state index in [4.69, 9.17) is 0 Å². The Kier molecular flexibility index (Phi) is 19.7. The third-order valence-corrected chi connectivity index (χ3v) is 31.3. The number of hydrogen-bond donors (Lipinski definition) is 0. The molecule has 2 aliphatic heterocycles. The normalized spacial score (nSPS) is 13.8. The molecule has 0 unspecified atom stereocenters. The Bertz CT molecular complexity index is 7490. The van der Waals surface area contributed by atoms with Crippen molar-refractivity contribution < 1.29 is 0 Å². The summed E-state index contributed by atoms with van der Waals surface area (Å²) in [4.78, 5) is 5.53. The van der Waals surface area contributed by atoms with Crippen molar-refractivity contribution in [2.24, 2.45) is 0 Å². The Labute approximate surface area is 805 Å². The van der Waals surface area contributed by atoms with Gasteiger partial charge in [-0.2, -0.15) is 0 Å². The third-order valence-electron chi connectivity index (χ3n) is 30.1. The molecule has 0 saturated carbocycles. The van der Waals surface area contributed by atoms with Gasteiger partial charge < -0.3 is 9.80 Å². The Morgan fingerprint density at radius 1 is 0.213 bits per heavy atom. The van der Waals surface area contributed by atoms with Gasteiger partial charge in [-0.05, 0) is 225 Å². The second kappa shape index (κ2) is 31.9. The molecule has 1 aromatic heterocycles. The zero-order chi connectivity index (χ0) is 92.5. The van der Waals surface area contributed by atoms with Crippen LogP contribution in [0.4, 0.5) is 34.1 Å². The van der Waals surface area contributed by atoms with Crippen molar-refractivity contribution in [3.63, 3.8) is 0 Å². The van der Waals surface area contributed by atoms with Crippen molar-refractivity contribution in [3.05, 3.63) is 497 Å². The summed E-state index contributed by atoms with van der Waals surface area (Å²) in [7, 11) is 0. The minimum Gasteiger partial charge on any atom is -0.310 e. The van der Waals surface area contributed by atoms with Crippen LogP contribution in [0, 0.1) is 0 Å². The molecule has 20 aromatic rings. The largest absolute Gasteiger partial charge is 0.310 e. The van der Waals surface area contributed by atoms with Crippen molar-refractivity contribution in [3.8, 4) is 100 Å². The van der Waals surface area contributed by atoms with Crippen LogP contribution in [0.15, 0.2) is 431 Å². The van der Waals surface area contributed by atoms with Gasteiger partial charge in [0.2, 0.25) is 0 Å². The van der Waals surface area contributed by atoms with Crippen LogP contribution in [0.1, 0.15) is 150 Å². The third kappa shape index (κ3) is 13.3. The number of nitrogens with zero attached hydrogens (tertiary/aromatic N) is 2. The second-order valence-electron chi connectivity index (χ2n) is 42.1. The maximum atomic E-state index is 2.76. The van der Waals surface area contributed by atoms with Gasteiger partial charge in [0.25, 0.3) is 6.71 Å². The lowest BCUT2D eigenvalue weighted by molar-refractivity contribution is 0.590. The van der Waals surface area contributed by atoms with E-state index in [0.29, 0.717) is 0 Å². The van der Waals surface area contributed by atoms with E-state index in [-0.39, 0.29) is 21.7 Å². The van der Waals surface area contributed by atoms with Gasteiger partial charge in [-0.25, -0.2) is 0 Å². The number of thiophene rings is 1. The van der Waals surface area contributed by atoms with Crippen LogP contribution >= 0.6 is 11.3 Å². The van der Waals surface area contributed by atoms with E-state index >= 15 is 0 Å². The van der Waals surface area contributed by atoms with Gasteiger partial charge in [-0.3, -0.25) is 0 Å². The Hall–Kier alpha value is -14.9. The van der Waals surface area contributed by atoms with E-state index in [1.807, 2.05) is 11.3 Å². The highest BCUT2D eigenvalue weighted by molar-refractivity contribution is 7.25. The van der Waals surface area contributed by atoms with E-state index in [2.05, 4.69) is 524 Å². The van der Waals surface area contributed by atoms with Crippen LogP contribution in [0.5, 0.6) is 0 Å². The SMILES string of the molecule is CC(C)(C)c1ccc(-c2cccc(-c3ccc(C(C)(C)C)cc3)c2N2c3ccc(-c4cccc5c4-c4ccccc4C5(c4ccccc4)c4ccccc4)cc3B3c4cc(-c5cccc6c5-c5ccccc5C6(c5ccccc5)c5ccccc5)ccc4N(c4c(-c5ccc(C(C)(C)C)cc5)cccc4-c4ccc(C(C)(C)C)cc4)c4cc(-c5ccc6sc7ccccc7c6c5)cc2c43)cc1. The predicted octanol–water partition coefficient (Wildman–Crippen LogP) is 33.7. The molecule has 0 amide bonds. The van der Waals surface area contributed by atoms with Gasteiger partial charge in [0.1, 0.15) is 0 Å². The first-order valence-corrected chi connectivity index (χ1v) is 49.2. The fourth-order valence-electron chi connectivity index (χ4n) is 23.5. The van der Waals surface area contributed by atoms with Gasteiger partial charge in [-0.1, -0.05) is 471 Å². The highest BCUT2D eigenvalue weighted by Crippen LogP contribution is 2.63. The molecule has 0 atom stereocenters. The molecular formula is C132H107BN2S. The Morgan fingerprint density at radius 2 is 0.507 bits per heavy atom. The van der Waals surface area contributed by atoms with E-state index in [9.17, 15) is 0 Å². The van der Waals surface area contributed by atoms with Crippen LogP contribution in [-0.4, -0.2) is 6.71 Å². The number of para-hydroxylation sites is 2. The summed E-state index contributed by atoms with van der Waals surface area (Å²) in [5, 5.41) is 2.52. The van der Waals surface area contributed by atoms with E-state index in [1.54, 1.807) is 0 Å². The minimum absolute atomic E-state index is 0.0911. The molecular weight excluding hydrogens is 1660 g/mol. The van der Waals surface area contributed by atoms with Crippen LogP contribution in [0.25, 0.3) is 120 Å². The molecule has 2 nitrogen and oxygen atoms in total. The molecule has 24 rings (SSSR count). The van der Waals surface area contributed by atoms with Crippen molar-refractivity contribution in [1.82, 2.24) is 0 Å². The topological polar surface area (TPSA) is 6.48 Å². The Morgan fingerprint density at radius 3 is 0.875 bits per heavy atom. The number of rotatable bonds is 13. The lowest BCUT2D eigenvalue weighted by Crippen LogP contribution is -2.61. The zero-order valence-electron chi connectivity index (χ0n) is 79.4. The van der Waals surface area contributed by atoms with Crippen LogP contribution < -0.4 is 26.2 Å². The zero-order valence-corrected chi connectivity index (χ0v) is 80.2. The number of hydrogen-bond acceptors (Lipinski definition) is 3. The summed E-state index contributed by atoms with van der Waals surface area (Å²) < 4.78 is 2.54. The summed E-state index contributed by atoms with van der Waals surface area (Å²) in [6, 6.07) is 168. The van der Waals surface area contributed by atoms with Crippen LogP contribution in [0.2, 0.25) is 0 Å². The predicted molar refractivity (Wildman–Crippen MR) is 581 cm³/mol. The van der Waals surface area contributed by atoms with Crippen molar-refractivity contribution in [2.45, 2.75) is 116 Å². The van der Waals surface area contributed by atoms with E-state index in [0.717, 1.165) is 101 Å². The average Bonchev–Trinajstić information content (AvgIpc) is 1.25. The molecule has 0 radical (unpaired) electrons. The van der Waals surface area contributed by atoms with Crippen LogP contribution in [0.3, 0.4) is 0 Å². The first kappa shape index (κ1) is 84.1. The number of fused-ring (bicyclic) bond motifs is 13. The fourth-order valence-corrected chi connectivity index (χ4v) is 24.5. The van der Waals surface area contributed by atoms with Gasteiger partial charge in [0.15, 0.2) is 0 Å². The first-order valence-electron chi connectivity index (χ1n) is 48.4. The van der Waals surface area contributed by atoms with Gasteiger partial charge >= 0.3 is 0 Å². The summed E-state index contributed by atoms with van der Waals surface area (Å²) >= 11 is 1.88. The van der Waals surface area contributed by atoms with Gasteiger partial charge in [-0.15, -0.1) is 11.3 Å². The minimum atomic E-state index is -0.640. The summed E-state index contributed by atoms with van der Waals surface area (Å²) in [5.41, 5.74) is 44.8. The monoisotopic (exact) mass is 1760 g/mol. The molecule has 0 fully saturated rings. The molecule has 2 aliphatic carbocycles. The van der Waals surface area contributed by atoms with E-state index in [1.165, 1.54) is 137 Å². The molecule has 136 heavy (non-hydrogen) atoms. The van der Waals surface area contributed by atoms with Crippen molar-refractivity contribution in [2.75, 3.05) is 9.80 Å². The quantitative estimate of drug-likeness (QED) is 0.106. The highest BCUT2D eigenvalue weighted by Gasteiger charge is 2.51. The summed E-state index contributed by atoms with van der Waals surface area (Å²) in [6.07, 6.45) is 0.